The van der Waals surface area contributed by atoms with Gasteiger partial charge in [-0.05, 0) is 57.4 Å². The van der Waals surface area contributed by atoms with E-state index in [1.165, 1.54) is 11.1 Å². The van der Waals surface area contributed by atoms with Crippen molar-refractivity contribution in [3.63, 3.8) is 0 Å². The van der Waals surface area contributed by atoms with Crippen LogP contribution in [0.3, 0.4) is 0 Å². The number of carboxylic acid groups (broad SMARTS) is 1. The van der Waals surface area contributed by atoms with Crippen molar-refractivity contribution in [1.29, 1.82) is 0 Å². The number of nitrogens with one attached hydrogen (secondary N) is 1. The van der Waals surface area contributed by atoms with Crippen LogP contribution in [0.15, 0.2) is 24.3 Å². The molecule has 1 heterocycles. The number of amides is 2. The molecule has 0 bridgehead atoms. The average molecular weight is 344 g/mol. The van der Waals surface area contributed by atoms with Gasteiger partial charge in [-0.2, -0.15) is 0 Å². The zero-order chi connectivity index (χ0) is 17.8. The van der Waals surface area contributed by atoms with Crippen molar-refractivity contribution in [2.75, 3.05) is 6.54 Å². The summed E-state index contributed by atoms with van der Waals surface area (Å²) in [4.78, 5) is 25.7. The number of carbonyl (C=O) groups excluding carboxylic acids is 1. The molecule has 5 nitrogen and oxygen atoms in total. The van der Waals surface area contributed by atoms with Crippen molar-refractivity contribution in [2.24, 2.45) is 5.92 Å². The number of likely N-dealkylation sites (tertiary alicyclic amines) is 1. The number of rotatable bonds is 4. The van der Waals surface area contributed by atoms with Gasteiger partial charge in [0.15, 0.2) is 0 Å². The van der Waals surface area contributed by atoms with Crippen molar-refractivity contribution < 1.29 is 14.7 Å². The van der Waals surface area contributed by atoms with Gasteiger partial charge in [0.2, 0.25) is 0 Å². The molecule has 1 aromatic carbocycles. The maximum Gasteiger partial charge on any atom is 0.317 e. The van der Waals surface area contributed by atoms with Crippen LogP contribution in [0.4, 0.5) is 4.79 Å². The lowest BCUT2D eigenvalue weighted by Gasteiger charge is -2.31. The van der Waals surface area contributed by atoms with Crippen molar-refractivity contribution in [3.05, 3.63) is 35.4 Å². The summed E-state index contributed by atoms with van der Waals surface area (Å²) in [6.45, 7) is 2.89. The highest BCUT2D eigenvalue weighted by molar-refractivity contribution is 5.75. The Morgan fingerprint density at radius 1 is 1.12 bits per heavy atom. The average Bonchev–Trinajstić information content (AvgIpc) is 3.05. The van der Waals surface area contributed by atoms with Crippen LogP contribution in [0, 0.1) is 12.8 Å². The van der Waals surface area contributed by atoms with E-state index in [4.69, 9.17) is 5.11 Å². The lowest BCUT2D eigenvalue weighted by molar-refractivity contribution is -0.142. The van der Waals surface area contributed by atoms with Gasteiger partial charge >= 0.3 is 12.0 Å². The molecule has 1 atom stereocenters. The summed E-state index contributed by atoms with van der Waals surface area (Å²) in [6.07, 6.45) is 5.85. The summed E-state index contributed by atoms with van der Waals surface area (Å²) in [5.41, 5.74) is 2.53. The molecule has 1 aliphatic heterocycles. The summed E-state index contributed by atoms with van der Waals surface area (Å²) in [5.74, 6) is -0.947. The van der Waals surface area contributed by atoms with Crippen molar-refractivity contribution in [1.82, 2.24) is 10.2 Å². The third kappa shape index (κ3) is 4.53. The highest BCUT2D eigenvalue weighted by atomic mass is 16.4. The zero-order valence-electron chi connectivity index (χ0n) is 14.9. The molecule has 5 heteroatoms. The summed E-state index contributed by atoms with van der Waals surface area (Å²) in [7, 11) is 0. The van der Waals surface area contributed by atoms with Gasteiger partial charge in [-0.25, -0.2) is 4.79 Å². The molecule has 0 radical (unpaired) electrons. The molecule has 1 aromatic rings. The minimum absolute atomic E-state index is 0.0217. The quantitative estimate of drug-likeness (QED) is 0.880. The third-order valence-electron chi connectivity index (χ3n) is 5.63. The maximum absolute atomic E-state index is 12.7. The van der Waals surface area contributed by atoms with Gasteiger partial charge in [0.05, 0.1) is 5.92 Å². The summed E-state index contributed by atoms with van der Waals surface area (Å²) >= 11 is 0. The van der Waals surface area contributed by atoms with E-state index in [0.29, 0.717) is 12.8 Å². The van der Waals surface area contributed by atoms with Gasteiger partial charge in [-0.1, -0.05) is 29.8 Å². The van der Waals surface area contributed by atoms with Crippen LogP contribution in [-0.2, 0) is 11.2 Å². The first-order chi connectivity index (χ1) is 12.0. The number of aliphatic carboxylic acids is 1. The summed E-state index contributed by atoms with van der Waals surface area (Å²) < 4.78 is 0. The summed E-state index contributed by atoms with van der Waals surface area (Å²) in [5, 5.41) is 12.2. The first-order valence-corrected chi connectivity index (χ1v) is 9.38. The van der Waals surface area contributed by atoms with E-state index in [1.807, 2.05) is 4.90 Å². The Morgan fingerprint density at radius 3 is 2.44 bits per heavy atom. The van der Waals surface area contributed by atoms with E-state index < -0.39 is 5.97 Å². The van der Waals surface area contributed by atoms with Crippen LogP contribution in [-0.4, -0.2) is 40.6 Å². The Bertz CT molecular complexity index is 606. The van der Waals surface area contributed by atoms with Gasteiger partial charge < -0.3 is 15.3 Å². The number of nitrogens with zero attached hydrogens (tertiary/aromatic N) is 1. The summed E-state index contributed by atoms with van der Waals surface area (Å²) in [6, 6.07) is 8.94. The Morgan fingerprint density at radius 2 is 1.80 bits per heavy atom. The molecule has 2 amide bonds. The second kappa shape index (κ2) is 7.89. The van der Waals surface area contributed by atoms with Crippen LogP contribution in [0.5, 0.6) is 0 Å². The molecule has 3 rings (SSSR count). The monoisotopic (exact) mass is 344 g/mol. The topological polar surface area (TPSA) is 69.6 Å². The Hall–Kier alpha value is -2.04. The molecule has 1 saturated heterocycles. The van der Waals surface area contributed by atoms with E-state index in [-0.39, 0.29) is 24.0 Å². The smallest absolute Gasteiger partial charge is 0.317 e. The minimum atomic E-state index is -0.706. The molecule has 2 fully saturated rings. The van der Waals surface area contributed by atoms with E-state index in [9.17, 15) is 9.59 Å². The number of carboxylic acids is 1. The molecule has 0 spiro atoms. The molecule has 1 aliphatic carbocycles. The molecular weight excluding hydrogens is 316 g/mol. The van der Waals surface area contributed by atoms with Crippen molar-refractivity contribution in [2.45, 2.75) is 64.0 Å². The van der Waals surface area contributed by atoms with Crippen LogP contribution in [0.25, 0.3) is 0 Å². The second-order valence-corrected chi connectivity index (χ2v) is 7.52. The Balaban J connectivity index is 1.52. The molecule has 136 valence electrons. The van der Waals surface area contributed by atoms with Crippen LogP contribution in [0.2, 0.25) is 0 Å². The predicted octanol–water partition coefficient (Wildman–Crippen LogP) is 3.35. The number of urea groups is 1. The van der Waals surface area contributed by atoms with Gasteiger partial charge in [0, 0.05) is 18.6 Å². The molecule has 25 heavy (non-hydrogen) atoms. The first kappa shape index (κ1) is 17.8. The standard InChI is InChI=1S/C20H28N2O3/c1-14-4-6-15(7-5-14)13-18-3-2-12-22(18)20(25)21-17-10-8-16(9-11-17)19(23)24/h4-7,16-18H,2-3,8-13H2,1H3,(H,21,25)(H,23,24). The highest BCUT2D eigenvalue weighted by Crippen LogP contribution is 2.26. The molecule has 1 unspecified atom stereocenters. The zero-order valence-corrected chi connectivity index (χ0v) is 14.9. The van der Waals surface area contributed by atoms with Crippen LogP contribution >= 0.6 is 0 Å². The lowest BCUT2D eigenvalue weighted by atomic mass is 9.86. The molecule has 0 aromatic heterocycles. The van der Waals surface area contributed by atoms with Crippen LogP contribution < -0.4 is 5.32 Å². The molecule has 2 aliphatic rings. The molecular formula is C20H28N2O3. The van der Waals surface area contributed by atoms with E-state index in [1.54, 1.807) is 0 Å². The van der Waals surface area contributed by atoms with Crippen LogP contribution in [0.1, 0.15) is 49.7 Å². The number of carbonyl (C=O) groups is 2. The number of benzene rings is 1. The lowest BCUT2D eigenvalue weighted by Crippen LogP contribution is -2.48. The normalized spacial score (nSPS) is 26.4. The third-order valence-corrected chi connectivity index (χ3v) is 5.63. The fourth-order valence-electron chi connectivity index (χ4n) is 4.05. The van der Waals surface area contributed by atoms with Gasteiger partial charge in [-0.3, -0.25) is 4.79 Å². The van der Waals surface area contributed by atoms with Gasteiger partial charge in [-0.15, -0.1) is 0 Å². The number of hydrogen-bond donors (Lipinski definition) is 2. The van der Waals surface area contributed by atoms with Crippen molar-refractivity contribution in [3.8, 4) is 0 Å². The Labute approximate surface area is 149 Å². The highest BCUT2D eigenvalue weighted by Gasteiger charge is 2.32. The fraction of sp³-hybridized carbons (Fsp3) is 0.600. The van der Waals surface area contributed by atoms with E-state index >= 15 is 0 Å². The van der Waals surface area contributed by atoms with Gasteiger partial charge in [0.1, 0.15) is 0 Å². The molecule has 1 saturated carbocycles. The SMILES string of the molecule is Cc1ccc(CC2CCCN2C(=O)NC2CCC(C(=O)O)CC2)cc1. The number of aryl methyl sites for hydroxylation is 1. The number of hydrogen-bond acceptors (Lipinski definition) is 2. The Kier molecular flexibility index (Phi) is 5.61. The fourth-order valence-corrected chi connectivity index (χ4v) is 4.05. The van der Waals surface area contributed by atoms with E-state index in [2.05, 4.69) is 36.5 Å². The van der Waals surface area contributed by atoms with E-state index in [0.717, 1.165) is 38.6 Å². The first-order valence-electron chi connectivity index (χ1n) is 9.38. The van der Waals surface area contributed by atoms with Crippen molar-refractivity contribution >= 4 is 12.0 Å². The predicted molar refractivity (Wildman–Crippen MR) is 96.5 cm³/mol. The largest absolute Gasteiger partial charge is 0.481 e. The van der Waals surface area contributed by atoms with Gasteiger partial charge in [0.25, 0.3) is 0 Å². The maximum atomic E-state index is 12.7. The second-order valence-electron chi connectivity index (χ2n) is 7.52. The molecule has 2 N–H and O–H groups in total. The minimum Gasteiger partial charge on any atom is -0.481 e.